The van der Waals surface area contributed by atoms with Crippen LogP contribution in [0.4, 0.5) is 5.69 Å². The third-order valence-corrected chi connectivity index (χ3v) is 5.86. The second kappa shape index (κ2) is 7.14. The maximum Gasteiger partial charge on any atom is 0.247 e. The summed E-state index contributed by atoms with van der Waals surface area (Å²) in [7, 11) is 0. The zero-order chi connectivity index (χ0) is 17.2. The summed E-state index contributed by atoms with van der Waals surface area (Å²) >= 11 is 0. The number of nitrogens with one attached hydrogen (secondary N) is 3. The zero-order valence-corrected chi connectivity index (χ0v) is 14.4. The van der Waals surface area contributed by atoms with E-state index in [9.17, 15) is 9.59 Å². The van der Waals surface area contributed by atoms with Crippen LogP contribution in [-0.4, -0.2) is 41.9 Å². The van der Waals surface area contributed by atoms with Gasteiger partial charge in [0.05, 0.1) is 5.92 Å². The monoisotopic (exact) mass is 342 g/mol. The minimum Gasteiger partial charge on any atom is -0.330 e. The standard InChI is InChI=1S/C19H26N4O2/c24-18(21-14-7-2-1-3-8-14)16-10-5-11-23(16)19(25)15-9-4-6-13-12-20-22-17(13)15/h1-3,7-8,13,15-17,20,22H,4-6,9-12H2,(H,21,24). The van der Waals surface area contributed by atoms with Crippen molar-refractivity contribution in [3.8, 4) is 0 Å². The summed E-state index contributed by atoms with van der Waals surface area (Å²) in [4.78, 5) is 27.7. The molecule has 3 aliphatic rings. The van der Waals surface area contributed by atoms with Crippen LogP contribution in [-0.2, 0) is 9.59 Å². The fraction of sp³-hybridized carbons (Fsp3) is 0.579. The summed E-state index contributed by atoms with van der Waals surface area (Å²) in [6.07, 6.45) is 4.82. The Hall–Kier alpha value is -1.92. The Morgan fingerprint density at radius 2 is 1.92 bits per heavy atom. The van der Waals surface area contributed by atoms with Gasteiger partial charge in [-0.25, -0.2) is 0 Å². The molecule has 25 heavy (non-hydrogen) atoms. The molecule has 4 atom stereocenters. The van der Waals surface area contributed by atoms with Crippen LogP contribution in [0.2, 0.25) is 0 Å². The highest BCUT2D eigenvalue weighted by Crippen LogP contribution is 2.34. The molecule has 1 aromatic rings. The van der Waals surface area contributed by atoms with Gasteiger partial charge in [-0.15, -0.1) is 0 Å². The van der Waals surface area contributed by atoms with E-state index in [1.165, 1.54) is 6.42 Å². The second-order valence-corrected chi connectivity index (χ2v) is 7.39. The van der Waals surface area contributed by atoms with Crippen LogP contribution < -0.4 is 16.2 Å². The summed E-state index contributed by atoms with van der Waals surface area (Å²) in [5.41, 5.74) is 7.29. The van der Waals surface area contributed by atoms with Crippen molar-refractivity contribution in [3.05, 3.63) is 30.3 Å². The van der Waals surface area contributed by atoms with Gasteiger partial charge < -0.3 is 10.2 Å². The number of rotatable bonds is 3. The molecule has 6 heteroatoms. The first-order chi connectivity index (χ1) is 12.2. The van der Waals surface area contributed by atoms with Crippen molar-refractivity contribution < 1.29 is 9.59 Å². The van der Waals surface area contributed by atoms with Crippen LogP contribution >= 0.6 is 0 Å². The lowest BCUT2D eigenvalue weighted by molar-refractivity contribution is -0.142. The smallest absolute Gasteiger partial charge is 0.247 e. The van der Waals surface area contributed by atoms with E-state index in [0.29, 0.717) is 12.5 Å². The zero-order valence-electron chi connectivity index (χ0n) is 14.4. The van der Waals surface area contributed by atoms with E-state index in [1.54, 1.807) is 0 Å². The third kappa shape index (κ3) is 3.28. The van der Waals surface area contributed by atoms with Gasteiger partial charge >= 0.3 is 0 Å². The molecule has 3 N–H and O–H groups in total. The number of amides is 2. The van der Waals surface area contributed by atoms with Crippen molar-refractivity contribution in [2.24, 2.45) is 11.8 Å². The largest absolute Gasteiger partial charge is 0.330 e. The highest BCUT2D eigenvalue weighted by Gasteiger charge is 2.44. The molecule has 0 aromatic heterocycles. The molecule has 6 nitrogen and oxygen atoms in total. The van der Waals surface area contributed by atoms with Gasteiger partial charge in [-0.2, -0.15) is 0 Å². The minimum atomic E-state index is -0.345. The van der Waals surface area contributed by atoms with E-state index in [2.05, 4.69) is 16.2 Å². The van der Waals surface area contributed by atoms with E-state index >= 15 is 0 Å². The predicted octanol–water partition coefficient (Wildman–Crippen LogP) is 1.51. The molecule has 0 spiro atoms. The summed E-state index contributed by atoms with van der Waals surface area (Å²) in [6, 6.07) is 9.32. The molecule has 3 fully saturated rings. The Kier molecular flexibility index (Phi) is 4.72. The highest BCUT2D eigenvalue weighted by atomic mass is 16.2. The summed E-state index contributed by atoms with van der Waals surface area (Å²) in [6.45, 7) is 1.62. The number of hydrazine groups is 1. The maximum absolute atomic E-state index is 13.2. The van der Waals surface area contributed by atoms with E-state index in [0.717, 1.165) is 37.9 Å². The second-order valence-electron chi connectivity index (χ2n) is 7.39. The molecule has 0 bridgehead atoms. The van der Waals surface area contributed by atoms with Gasteiger partial charge in [-0.3, -0.25) is 20.4 Å². The SMILES string of the molecule is O=C(Nc1ccccc1)C1CCCN1C(=O)C1CCCC2CNNC21. The van der Waals surface area contributed by atoms with Crippen LogP contribution in [0.25, 0.3) is 0 Å². The number of anilines is 1. The molecule has 1 saturated carbocycles. The number of hydrogen-bond donors (Lipinski definition) is 3. The minimum absolute atomic E-state index is 0.0149. The van der Waals surface area contributed by atoms with Crippen molar-refractivity contribution in [2.75, 3.05) is 18.4 Å². The predicted molar refractivity (Wildman–Crippen MR) is 95.6 cm³/mol. The number of hydrogen-bond acceptors (Lipinski definition) is 4. The third-order valence-electron chi connectivity index (χ3n) is 5.86. The molecular formula is C19H26N4O2. The topological polar surface area (TPSA) is 73.5 Å². The van der Waals surface area contributed by atoms with Crippen LogP contribution in [0.15, 0.2) is 30.3 Å². The van der Waals surface area contributed by atoms with Crippen molar-refractivity contribution >= 4 is 17.5 Å². The number of carbonyl (C=O) groups is 2. The van der Waals surface area contributed by atoms with Gasteiger partial charge in [0.15, 0.2) is 0 Å². The molecular weight excluding hydrogens is 316 g/mol. The van der Waals surface area contributed by atoms with Crippen molar-refractivity contribution in [1.29, 1.82) is 0 Å². The summed E-state index contributed by atoms with van der Waals surface area (Å²) in [5, 5.41) is 2.96. The Morgan fingerprint density at radius 3 is 2.76 bits per heavy atom. The average Bonchev–Trinajstić information content (AvgIpc) is 3.31. The van der Waals surface area contributed by atoms with Gasteiger partial charge in [0.2, 0.25) is 11.8 Å². The lowest BCUT2D eigenvalue weighted by Gasteiger charge is -2.35. The fourth-order valence-electron chi connectivity index (χ4n) is 4.58. The van der Waals surface area contributed by atoms with Gasteiger partial charge in [0.1, 0.15) is 6.04 Å². The Morgan fingerprint density at radius 1 is 1.08 bits per heavy atom. The van der Waals surface area contributed by atoms with Crippen LogP contribution in [0.3, 0.4) is 0 Å². The molecule has 1 aliphatic carbocycles. The molecule has 1 aromatic carbocycles. The van der Waals surface area contributed by atoms with Gasteiger partial charge in [-0.05, 0) is 43.7 Å². The molecule has 2 aliphatic heterocycles. The molecule has 0 radical (unpaired) electrons. The van der Waals surface area contributed by atoms with E-state index < -0.39 is 0 Å². The highest BCUT2D eigenvalue weighted by molar-refractivity contribution is 5.97. The Labute approximate surface area is 148 Å². The first kappa shape index (κ1) is 16.5. The summed E-state index contributed by atoms with van der Waals surface area (Å²) < 4.78 is 0. The molecule has 2 saturated heterocycles. The van der Waals surface area contributed by atoms with Gasteiger partial charge in [0, 0.05) is 24.8 Å². The molecule has 4 unspecified atom stereocenters. The molecule has 2 amide bonds. The van der Waals surface area contributed by atoms with Crippen molar-refractivity contribution in [3.63, 3.8) is 0 Å². The summed E-state index contributed by atoms with van der Waals surface area (Å²) in [5.74, 6) is 0.597. The number of fused-ring (bicyclic) bond motifs is 1. The van der Waals surface area contributed by atoms with Gasteiger partial charge in [-0.1, -0.05) is 24.6 Å². The lowest BCUT2D eigenvalue weighted by atomic mass is 9.77. The first-order valence-corrected chi connectivity index (χ1v) is 9.39. The van der Waals surface area contributed by atoms with Gasteiger partial charge in [0.25, 0.3) is 0 Å². The average molecular weight is 342 g/mol. The lowest BCUT2D eigenvalue weighted by Crippen LogP contribution is -2.52. The normalized spacial score (nSPS) is 31.6. The Balaban J connectivity index is 1.45. The first-order valence-electron chi connectivity index (χ1n) is 9.39. The molecule has 4 rings (SSSR count). The maximum atomic E-state index is 13.2. The van der Waals surface area contributed by atoms with E-state index in [4.69, 9.17) is 0 Å². The number of para-hydroxylation sites is 1. The molecule has 134 valence electrons. The number of nitrogens with zero attached hydrogens (tertiary/aromatic N) is 1. The number of carbonyl (C=O) groups excluding carboxylic acids is 2. The van der Waals surface area contributed by atoms with Crippen LogP contribution in [0, 0.1) is 11.8 Å². The van der Waals surface area contributed by atoms with Crippen LogP contribution in [0.5, 0.6) is 0 Å². The number of benzene rings is 1. The van der Waals surface area contributed by atoms with Crippen molar-refractivity contribution in [1.82, 2.24) is 15.8 Å². The Bertz CT molecular complexity index is 636. The van der Waals surface area contributed by atoms with E-state index in [-0.39, 0.29) is 29.8 Å². The van der Waals surface area contributed by atoms with Crippen LogP contribution in [0.1, 0.15) is 32.1 Å². The van der Waals surface area contributed by atoms with E-state index in [1.807, 2.05) is 35.2 Å². The molecule has 2 heterocycles. The fourth-order valence-corrected chi connectivity index (χ4v) is 4.58. The number of likely N-dealkylation sites (tertiary alicyclic amines) is 1. The van der Waals surface area contributed by atoms with Crippen molar-refractivity contribution in [2.45, 2.75) is 44.2 Å². The quantitative estimate of drug-likeness (QED) is 0.778.